The Morgan fingerprint density at radius 2 is 1.93 bits per heavy atom. The first kappa shape index (κ1) is 18.9. The van der Waals surface area contributed by atoms with E-state index in [2.05, 4.69) is 25.6 Å². The molecule has 3 aromatic rings. The second-order valence-electron chi connectivity index (χ2n) is 5.78. The summed E-state index contributed by atoms with van der Waals surface area (Å²) in [7, 11) is -3.33. The Kier molecular flexibility index (Phi) is 5.19. The second kappa shape index (κ2) is 7.41. The molecule has 2 aromatic heterocycles. The quantitative estimate of drug-likeness (QED) is 0.673. The third kappa shape index (κ3) is 4.66. The molecule has 1 aromatic carbocycles. The van der Waals surface area contributed by atoms with Crippen LogP contribution in [0.5, 0.6) is 0 Å². The summed E-state index contributed by atoms with van der Waals surface area (Å²) in [5.74, 6) is 0.501. The maximum atomic E-state index is 12.6. The Hall–Kier alpha value is -2.85. The number of hydrogen-bond donors (Lipinski definition) is 2. The van der Waals surface area contributed by atoms with E-state index in [0.29, 0.717) is 27.3 Å². The summed E-state index contributed by atoms with van der Waals surface area (Å²) in [6, 6.07) is 7.98. The molecule has 0 unspecified atom stereocenters. The van der Waals surface area contributed by atoms with Crippen molar-refractivity contribution in [2.75, 3.05) is 16.9 Å². The van der Waals surface area contributed by atoms with Gasteiger partial charge >= 0.3 is 0 Å². The molecule has 0 bridgehead atoms. The van der Waals surface area contributed by atoms with Gasteiger partial charge in [0.2, 0.25) is 0 Å². The monoisotopic (exact) mass is 403 g/mol. The lowest BCUT2D eigenvalue weighted by molar-refractivity contribution is 0.102. The van der Waals surface area contributed by atoms with Crippen LogP contribution in [0, 0.1) is 13.8 Å². The lowest BCUT2D eigenvalue weighted by Crippen LogP contribution is -2.15. The van der Waals surface area contributed by atoms with Gasteiger partial charge in [-0.2, -0.15) is 0 Å². The molecule has 2 heterocycles. The molecule has 8 nitrogen and oxygen atoms in total. The van der Waals surface area contributed by atoms with Crippen molar-refractivity contribution in [3.63, 3.8) is 0 Å². The van der Waals surface area contributed by atoms with Gasteiger partial charge in [0.1, 0.15) is 16.6 Å². The number of thiazole rings is 1. The number of nitrogens with zero attached hydrogens (tertiary/aromatic N) is 3. The molecule has 140 valence electrons. The zero-order valence-electron chi connectivity index (χ0n) is 14.8. The average Bonchev–Trinajstić information content (AvgIpc) is 2.95. The van der Waals surface area contributed by atoms with Gasteiger partial charge in [-0.05, 0) is 38.1 Å². The summed E-state index contributed by atoms with van der Waals surface area (Å²) in [6.07, 6.45) is 2.70. The molecule has 0 radical (unpaired) electrons. The van der Waals surface area contributed by atoms with Crippen molar-refractivity contribution in [1.29, 1.82) is 0 Å². The number of sulfone groups is 1. The molecule has 0 fully saturated rings. The van der Waals surface area contributed by atoms with E-state index in [-0.39, 0.29) is 10.6 Å². The highest BCUT2D eigenvalue weighted by molar-refractivity contribution is 7.90. The molecule has 3 rings (SSSR count). The maximum absolute atomic E-state index is 12.6. The molecule has 10 heteroatoms. The Balaban J connectivity index is 1.87. The number of nitrogens with one attached hydrogen (secondary N) is 2. The van der Waals surface area contributed by atoms with Gasteiger partial charge in [-0.3, -0.25) is 4.79 Å². The number of amides is 1. The van der Waals surface area contributed by atoms with E-state index in [1.165, 1.54) is 23.5 Å². The number of carbonyl (C=O) groups is 1. The van der Waals surface area contributed by atoms with Crippen LogP contribution >= 0.6 is 11.3 Å². The largest absolute Gasteiger partial charge is 0.345 e. The van der Waals surface area contributed by atoms with Crippen LogP contribution in [0.15, 0.2) is 41.4 Å². The van der Waals surface area contributed by atoms with Gasteiger partial charge in [0.25, 0.3) is 5.91 Å². The molecule has 0 spiro atoms. The second-order valence-corrected chi connectivity index (χ2v) is 9.00. The van der Waals surface area contributed by atoms with Crippen molar-refractivity contribution in [2.45, 2.75) is 18.7 Å². The molecule has 0 atom stereocenters. The van der Waals surface area contributed by atoms with Crippen LogP contribution in [0.25, 0.3) is 0 Å². The first-order chi connectivity index (χ1) is 12.7. The summed E-state index contributed by atoms with van der Waals surface area (Å²) in [5, 5.41) is 6.98. The topological polar surface area (TPSA) is 114 Å². The smallest absolute Gasteiger partial charge is 0.278 e. The summed E-state index contributed by atoms with van der Waals surface area (Å²) >= 11 is 1.30. The van der Waals surface area contributed by atoms with Crippen LogP contribution in [0.4, 0.5) is 16.5 Å². The zero-order chi connectivity index (χ0) is 19.6. The van der Waals surface area contributed by atoms with Crippen LogP contribution in [0.3, 0.4) is 0 Å². The average molecular weight is 403 g/mol. The fraction of sp³-hybridized carbons (Fsp3) is 0.176. The molecule has 0 saturated carbocycles. The van der Waals surface area contributed by atoms with Crippen molar-refractivity contribution in [3.05, 3.63) is 53.1 Å². The Bertz CT molecular complexity index is 1110. The Morgan fingerprint density at radius 3 is 2.63 bits per heavy atom. The SMILES string of the molecule is Cc1nccc(NC(=O)c2nc(C)sc2Nc2cccc(S(C)(=O)=O)c2)n1. The minimum Gasteiger partial charge on any atom is -0.345 e. The van der Waals surface area contributed by atoms with E-state index in [9.17, 15) is 13.2 Å². The Morgan fingerprint density at radius 1 is 1.15 bits per heavy atom. The molecule has 0 aliphatic heterocycles. The van der Waals surface area contributed by atoms with E-state index in [4.69, 9.17) is 0 Å². The van der Waals surface area contributed by atoms with E-state index >= 15 is 0 Å². The number of aromatic nitrogens is 3. The third-order valence-electron chi connectivity index (χ3n) is 3.49. The van der Waals surface area contributed by atoms with Gasteiger partial charge in [0.15, 0.2) is 15.5 Å². The van der Waals surface area contributed by atoms with E-state index in [1.54, 1.807) is 38.2 Å². The molecular formula is C17H17N5O3S2. The van der Waals surface area contributed by atoms with Gasteiger partial charge in [-0.25, -0.2) is 23.4 Å². The van der Waals surface area contributed by atoms with E-state index in [0.717, 1.165) is 6.26 Å². The van der Waals surface area contributed by atoms with Gasteiger partial charge in [-0.15, -0.1) is 11.3 Å². The number of hydrogen-bond acceptors (Lipinski definition) is 8. The van der Waals surface area contributed by atoms with Crippen molar-refractivity contribution >= 4 is 43.6 Å². The van der Waals surface area contributed by atoms with Gasteiger partial charge in [-0.1, -0.05) is 6.07 Å². The van der Waals surface area contributed by atoms with Crippen LogP contribution in [0.2, 0.25) is 0 Å². The lowest BCUT2D eigenvalue weighted by Gasteiger charge is -2.08. The first-order valence-corrected chi connectivity index (χ1v) is 10.6. The summed E-state index contributed by atoms with van der Waals surface area (Å²) in [6.45, 7) is 3.51. The summed E-state index contributed by atoms with van der Waals surface area (Å²) in [4.78, 5) is 25.2. The summed E-state index contributed by atoms with van der Waals surface area (Å²) in [5.41, 5.74) is 0.757. The third-order valence-corrected chi connectivity index (χ3v) is 5.48. The van der Waals surface area contributed by atoms with Crippen LogP contribution in [0.1, 0.15) is 21.3 Å². The highest BCUT2D eigenvalue weighted by Gasteiger charge is 2.18. The normalized spacial score (nSPS) is 11.2. The van der Waals surface area contributed by atoms with Crippen molar-refractivity contribution in [1.82, 2.24) is 15.0 Å². The van der Waals surface area contributed by atoms with Gasteiger partial charge in [0.05, 0.1) is 9.90 Å². The molecule has 1 amide bonds. The summed E-state index contributed by atoms with van der Waals surface area (Å²) < 4.78 is 23.5. The predicted octanol–water partition coefficient (Wildman–Crippen LogP) is 2.95. The number of rotatable bonds is 5. The van der Waals surface area contributed by atoms with Crippen LogP contribution in [-0.2, 0) is 9.84 Å². The molecule has 0 aliphatic carbocycles. The van der Waals surface area contributed by atoms with Crippen molar-refractivity contribution in [2.24, 2.45) is 0 Å². The minimum atomic E-state index is -3.33. The predicted molar refractivity (Wildman–Crippen MR) is 104 cm³/mol. The van der Waals surface area contributed by atoms with Crippen molar-refractivity contribution < 1.29 is 13.2 Å². The van der Waals surface area contributed by atoms with Crippen molar-refractivity contribution in [3.8, 4) is 0 Å². The molecule has 2 N–H and O–H groups in total. The van der Waals surface area contributed by atoms with E-state index in [1.807, 2.05) is 0 Å². The standard InChI is InChI=1S/C17H17N5O3S2/c1-10-18-8-7-14(19-10)22-16(23)15-17(26-11(2)20-15)21-12-5-4-6-13(9-12)27(3,24)25/h4-9,21H,1-3H3,(H,18,19,22,23). The molecule has 0 aliphatic rings. The molecular weight excluding hydrogens is 386 g/mol. The number of anilines is 3. The Labute approximate surface area is 160 Å². The highest BCUT2D eigenvalue weighted by Crippen LogP contribution is 2.29. The number of aryl methyl sites for hydroxylation is 2. The van der Waals surface area contributed by atoms with Gasteiger partial charge < -0.3 is 10.6 Å². The first-order valence-electron chi connectivity index (χ1n) is 7.88. The van der Waals surface area contributed by atoms with Crippen LogP contribution < -0.4 is 10.6 Å². The van der Waals surface area contributed by atoms with Crippen LogP contribution in [-0.4, -0.2) is 35.5 Å². The lowest BCUT2D eigenvalue weighted by atomic mass is 10.3. The fourth-order valence-electron chi connectivity index (χ4n) is 2.30. The van der Waals surface area contributed by atoms with E-state index < -0.39 is 15.7 Å². The molecule has 27 heavy (non-hydrogen) atoms. The minimum absolute atomic E-state index is 0.191. The number of benzene rings is 1. The molecule has 0 saturated heterocycles. The van der Waals surface area contributed by atoms with Gasteiger partial charge in [0, 0.05) is 18.1 Å². The number of carbonyl (C=O) groups excluding carboxylic acids is 1. The maximum Gasteiger partial charge on any atom is 0.278 e. The fourth-order valence-corrected chi connectivity index (χ4v) is 3.81. The zero-order valence-corrected chi connectivity index (χ0v) is 16.5. The highest BCUT2D eigenvalue weighted by atomic mass is 32.2.